The predicted molar refractivity (Wildman–Crippen MR) is 133 cm³/mol. The van der Waals surface area contributed by atoms with E-state index in [1.807, 2.05) is 0 Å². The van der Waals surface area contributed by atoms with Gasteiger partial charge >= 0.3 is 0 Å². The lowest BCUT2D eigenvalue weighted by molar-refractivity contribution is -0.121. The number of hydrogen-bond acceptors (Lipinski definition) is 3. The van der Waals surface area contributed by atoms with E-state index in [1.165, 1.54) is 38.8 Å². The molecule has 2 N–H and O–H groups in total. The van der Waals surface area contributed by atoms with Gasteiger partial charge in [0, 0.05) is 39.1 Å². The number of piperidine rings is 1. The molecular formula is C22H44IN5O. The molecule has 170 valence electrons. The monoisotopic (exact) mass is 521 g/mol. The molecule has 0 radical (unpaired) electrons. The molecule has 29 heavy (non-hydrogen) atoms. The second kappa shape index (κ2) is 14.4. The minimum atomic E-state index is 0. The van der Waals surface area contributed by atoms with E-state index < -0.39 is 0 Å². The molecule has 6 nitrogen and oxygen atoms in total. The molecule has 0 aliphatic carbocycles. The Morgan fingerprint density at radius 1 is 1.07 bits per heavy atom. The van der Waals surface area contributed by atoms with Gasteiger partial charge in [-0.1, -0.05) is 26.7 Å². The summed E-state index contributed by atoms with van der Waals surface area (Å²) in [4.78, 5) is 21.8. The van der Waals surface area contributed by atoms with Crippen LogP contribution in [-0.4, -0.2) is 74.0 Å². The van der Waals surface area contributed by atoms with Gasteiger partial charge in [0.25, 0.3) is 0 Å². The predicted octanol–water partition coefficient (Wildman–Crippen LogP) is 3.32. The fraction of sp³-hybridized carbons (Fsp3) is 0.909. The SMILES string of the molecule is CCNC(=NCC(C(CC)CC)N1CCCC1)N1CCC(CC(=O)NC)CC1.I. The van der Waals surface area contributed by atoms with Gasteiger partial charge in [0.05, 0.1) is 6.54 Å². The van der Waals surface area contributed by atoms with E-state index in [1.54, 1.807) is 7.05 Å². The van der Waals surface area contributed by atoms with Crippen molar-refractivity contribution in [1.29, 1.82) is 0 Å². The van der Waals surface area contributed by atoms with Gasteiger partial charge in [0.1, 0.15) is 0 Å². The van der Waals surface area contributed by atoms with Crippen molar-refractivity contribution in [2.24, 2.45) is 16.8 Å². The van der Waals surface area contributed by atoms with E-state index in [0.29, 0.717) is 18.4 Å². The topological polar surface area (TPSA) is 60.0 Å². The van der Waals surface area contributed by atoms with Gasteiger partial charge in [-0.25, -0.2) is 0 Å². The average molecular weight is 522 g/mol. The Morgan fingerprint density at radius 3 is 2.21 bits per heavy atom. The zero-order valence-electron chi connectivity index (χ0n) is 19.1. The van der Waals surface area contributed by atoms with Crippen molar-refractivity contribution in [2.75, 3.05) is 46.3 Å². The number of carbonyl (C=O) groups is 1. The van der Waals surface area contributed by atoms with E-state index in [2.05, 4.69) is 41.2 Å². The van der Waals surface area contributed by atoms with Crippen LogP contribution in [0.25, 0.3) is 0 Å². The van der Waals surface area contributed by atoms with E-state index >= 15 is 0 Å². The lowest BCUT2D eigenvalue weighted by Gasteiger charge is -2.36. The summed E-state index contributed by atoms with van der Waals surface area (Å²) in [5.74, 6) is 2.46. The third-order valence-corrected chi connectivity index (χ3v) is 6.63. The van der Waals surface area contributed by atoms with Crippen molar-refractivity contribution in [3.8, 4) is 0 Å². The molecule has 1 atom stereocenters. The normalized spacial score (nSPS) is 19.9. The van der Waals surface area contributed by atoms with Crippen molar-refractivity contribution < 1.29 is 4.79 Å². The van der Waals surface area contributed by atoms with Crippen LogP contribution in [0.5, 0.6) is 0 Å². The summed E-state index contributed by atoms with van der Waals surface area (Å²) < 4.78 is 0. The summed E-state index contributed by atoms with van der Waals surface area (Å²) in [7, 11) is 1.73. The first-order chi connectivity index (χ1) is 13.6. The number of aliphatic imine (C=N–C) groups is 1. The summed E-state index contributed by atoms with van der Waals surface area (Å²) >= 11 is 0. The number of rotatable bonds is 9. The highest BCUT2D eigenvalue weighted by Crippen LogP contribution is 2.24. The van der Waals surface area contributed by atoms with Crippen LogP contribution in [0.2, 0.25) is 0 Å². The maximum absolute atomic E-state index is 11.7. The number of halogens is 1. The lowest BCUT2D eigenvalue weighted by Crippen LogP contribution is -2.47. The van der Waals surface area contributed by atoms with Gasteiger partial charge in [-0.05, 0) is 57.5 Å². The van der Waals surface area contributed by atoms with E-state index in [0.717, 1.165) is 50.9 Å². The Balaban J connectivity index is 0.00000420. The quantitative estimate of drug-likeness (QED) is 0.278. The summed E-state index contributed by atoms with van der Waals surface area (Å²) in [5, 5.41) is 6.27. The van der Waals surface area contributed by atoms with Crippen molar-refractivity contribution in [3.63, 3.8) is 0 Å². The Bertz CT molecular complexity index is 482. The van der Waals surface area contributed by atoms with Crippen LogP contribution in [0.4, 0.5) is 0 Å². The molecule has 1 amide bonds. The number of amides is 1. The number of likely N-dealkylation sites (tertiary alicyclic amines) is 2. The third kappa shape index (κ3) is 8.23. The van der Waals surface area contributed by atoms with E-state index in [9.17, 15) is 4.79 Å². The van der Waals surface area contributed by atoms with Gasteiger partial charge in [-0.15, -0.1) is 24.0 Å². The van der Waals surface area contributed by atoms with E-state index in [-0.39, 0.29) is 29.9 Å². The van der Waals surface area contributed by atoms with Gasteiger partial charge < -0.3 is 15.5 Å². The second-order valence-electron chi connectivity index (χ2n) is 8.39. The van der Waals surface area contributed by atoms with Crippen LogP contribution in [0.3, 0.4) is 0 Å². The van der Waals surface area contributed by atoms with Crippen molar-refractivity contribution in [1.82, 2.24) is 20.4 Å². The Morgan fingerprint density at radius 2 is 1.69 bits per heavy atom. The molecule has 2 rings (SSSR count). The highest BCUT2D eigenvalue weighted by molar-refractivity contribution is 14.0. The molecule has 1 unspecified atom stereocenters. The fourth-order valence-corrected chi connectivity index (χ4v) is 4.79. The summed E-state index contributed by atoms with van der Waals surface area (Å²) in [6.45, 7) is 13.0. The Kier molecular flexibility index (Phi) is 13.2. The zero-order chi connectivity index (χ0) is 20.4. The molecule has 0 aromatic carbocycles. The van der Waals surface area contributed by atoms with Crippen molar-refractivity contribution in [2.45, 2.75) is 71.8 Å². The standard InChI is InChI=1S/C22H43N5O.HI/c1-5-19(6-2)20(26-12-8-9-13-26)17-25-22(24-7-3)27-14-10-18(11-15-27)16-21(28)23-4;/h18-20H,5-17H2,1-4H3,(H,23,28)(H,24,25);1H. The van der Waals surface area contributed by atoms with Gasteiger partial charge in [-0.2, -0.15) is 0 Å². The number of carbonyl (C=O) groups excluding carboxylic acids is 1. The maximum Gasteiger partial charge on any atom is 0.220 e. The largest absolute Gasteiger partial charge is 0.359 e. The number of nitrogens with one attached hydrogen (secondary N) is 2. The fourth-order valence-electron chi connectivity index (χ4n) is 4.79. The molecule has 0 aromatic heterocycles. The molecule has 0 spiro atoms. The molecule has 0 aromatic rings. The highest BCUT2D eigenvalue weighted by atomic mass is 127. The van der Waals surface area contributed by atoms with Crippen LogP contribution in [0.15, 0.2) is 4.99 Å². The zero-order valence-corrected chi connectivity index (χ0v) is 21.4. The van der Waals surface area contributed by atoms with Crippen LogP contribution in [0, 0.1) is 11.8 Å². The molecule has 7 heteroatoms. The van der Waals surface area contributed by atoms with Gasteiger partial charge in [0.2, 0.25) is 5.91 Å². The summed E-state index contributed by atoms with van der Waals surface area (Å²) in [5.41, 5.74) is 0. The minimum Gasteiger partial charge on any atom is -0.359 e. The molecule has 0 saturated carbocycles. The average Bonchev–Trinajstić information content (AvgIpc) is 3.25. The number of guanidine groups is 1. The molecular weight excluding hydrogens is 477 g/mol. The molecule has 2 heterocycles. The van der Waals surface area contributed by atoms with Crippen LogP contribution in [-0.2, 0) is 4.79 Å². The van der Waals surface area contributed by atoms with E-state index in [4.69, 9.17) is 4.99 Å². The molecule has 2 aliphatic heterocycles. The summed E-state index contributed by atoms with van der Waals surface area (Å²) in [6, 6.07) is 0.567. The molecule has 2 fully saturated rings. The second-order valence-corrected chi connectivity index (χ2v) is 8.39. The number of hydrogen-bond donors (Lipinski definition) is 2. The van der Waals surface area contributed by atoms with Crippen LogP contribution < -0.4 is 10.6 Å². The lowest BCUT2D eigenvalue weighted by atomic mass is 9.93. The Labute approximate surface area is 195 Å². The first-order valence-electron chi connectivity index (χ1n) is 11.6. The summed E-state index contributed by atoms with van der Waals surface area (Å²) in [6.07, 6.45) is 7.92. The molecule has 2 saturated heterocycles. The van der Waals surface area contributed by atoms with Crippen LogP contribution >= 0.6 is 24.0 Å². The first kappa shape index (κ1) is 26.5. The third-order valence-electron chi connectivity index (χ3n) is 6.63. The number of nitrogens with zero attached hydrogens (tertiary/aromatic N) is 3. The molecule has 0 bridgehead atoms. The van der Waals surface area contributed by atoms with Crippen LogP contribution in [0.1, 0.15) is 65.7 Å². The first-order valence-corrected chi connectivity index (χ1v) is 11.6. The molecule has 2 aliphatic rings. The van der Waals surface area contributed by atoms with Gasteiger partial charge in [0.15, 0.2) is 5.96 Å². The van der Waals surface area contributed by atoms with Gasteiger partial charge in [-0.3, -0.25) is 14.7 Å². The minimum absolute atomic E-state index is 0. The maximum atomic E-state index is 11.7. The highest BCUT2D eigenvalue weighted by Gasteiger charge is 2.28. The van der Waals surface area contributed by atoms with Crippen molar-refractivity contribution in [3.05, 3.63) is 0 Å². The van der Waals surface area contributed by atoms with Crippen molar-refractivity contribution >= 4 is 35.8 Å². The Hall–Kier alpha value is -0.570. The smallest absolute Gasteiger partial charge is 0.220 e.